The number of hydrogen-bond donors (Lipinski definition) is 0. The van der Waals surface area contributed by atoms with Crippen molar-refractivity contribution >= 4 is 29.0 Å². The normalized spacial score (nSPS) is 11.1. The minimum absolute atomic E-state index is 0.248. The second-order valence-electron chi connectivity index (χ2n) is 3.91. The van der Waals surface area contributed by atoms with E-state index in [1.165, 1.54) is 4.88 Å². The lowest BCUT2D eigenvalue weighted by atomic mass is 10.3. The predicted octanol–water partition coefficient (Wildman–Crippen LogP) is 3.28. The van der Waals surface area contributed by atoms with Gasteiger partial charge in [0.1, 0.15) is 5.88 Å². The smallest absolute Gasteiger partial charge is 0.318 e. The van der Waals surface area contributed by atoms with Crippen LogP contribution in [0.15, 0.2) is 21.9 Å². The van der Waals surface area contributed by atoms with Crippen molar-refractivity contribution in [3.05, 3.63) is 28.3 Å². The van der Waals surface area contributed by atoms with E-state index in [-0.39, 0.29) is 5.88 Å². The van der Waals surface area contributed by atoms with Crippen molar-refractivity contribution < 1.29 is 4.42 Å². The molecule has 0 aromatic carbocycles. The molecule has 0 bridgehead atoms. The summed E-state index contributed by atoms with van der Waals surface area (Å²) in [5.41, 5.74) is 0. The molecule has 4 nitrogen and oxygen atoms in total. The molecule has 0 aliphatic carbocycles. The second kappa shape index (κ2) is 5.51. The molecular weight excluding hydrogens is 258 g/mol. The second-order valence-corrected chi connectivity index (χ2v) is 5.21. The Morgan fingerprint density at radius 1 is 1.47 bits per heavy atom. The van der Waals surface area contributed by atoms with Gasteiger partial charge in [-0.25, -0.2) is 0 Å². The first kappa shape index (κ1) is 12.4. The zero-order valence-corrected chi connectivity index (χ0v) is 11.3. The number of halogens is 1. The Balaban J connectivity index is 2.17. The van der Waals surface area contributed by atoms with E-state index < -0.39 is 0 Å². The lowest BCUT2D eigenvalue weighted by molar-refractivity contribution is 0.483. The highest BCUT2D eigenvalue weighted by atomic mass is 35.5. The Bertz CT molecular complexity index is 455. The average Bonchev–Trinajstić information content (AvgIpc) is 2.96. The Hall–Kier alpha value is -1.07. The van der Waals surface area contributed by atoms with E-state index in [1.54, 1.807) is 11.3 Å². The van der Waals surface area contributed by atoms with Crippen LogP contribution in [0, 0.1) is 0 Å². The third kappa shape index (κ3) is 2.98. The van der Waals surface area contributed by atoms with Gasteiger partial charge in [0.05, 0.1) is 6.54 Å². The highest BCUT2D eigenvalue weighted by molar-refractivity contribution is 7.09. The largest absolute Gasteiger partial charge is 0.407 e. The van der Waals surface area contributed by atoms with Crippen molar-refractivity contribution in [3.8, 4) is 0 Å². The molecule has 17 heavy (non-hydrogen) atoms. The average molecular weight is 272 g/mol. The van der Waals surface area contributed by atoms with E-state index in [2.05, 4.69) is 40.4 Å². The molecule has 0 aliphatic heterocycles. The van der Waals surface area contributed by atoms with Gasteiger partial charge >= 0.3 is 6.01 Å². The molecular formula is C11H14ClN3OS. The number of nitrogens with zero attached hydrogens (tertiary/aromatic N) is 3. The fourth-order valence-corrected chi connectivity index (χ4v) is 2.27. The summed E-state index contributed by atoms with van der Waals surface area (Å²) in [4.78, 5) is 3.33. The van der Waals surface area contributed by atoms with Crippen molar-refractivity contribution in [2.45, 2.75) is 32.3 Å². The van der Waals surface area contributed by atoms with Crippen molar-refractivity contribution in [3.63, 3.8) is 0 Å². The van der Waals surface area contributed by atoms with E-state index in [1.807, 2.05) is 6.07 Å². The van der Waals surface area contributed by atoms with Crippen molar-refractivity contribution in [2.75, 3.05) is 4.90 Å². The predicted molar refractivity (Wildman–Crippen MR) is 69.5 cm³/mol. The zero-order valence-electron chi connectivity index (χ0n) is 9.76. The highest BCUT2D eigenvalue weighted by Gasteiger charge is 2.18. The maximum atomic E-state index is 5.65. The minimum atomic E-state index is 0.248. The molecule has 0 amide bonds. The summed E-state index contributed by atoms with van der Waals surface area (Å²) < 4.78 is 5.48. The summed E-state index contributed by atoms with van der Waals surface area (Å²) in [7, 11) is 0. The molecule has 0 atom stereocenters. The molecule has 0 radical (unpaired) electrons. The van der Waals surface area contributed by atoms with Crippen molar-refractivity contribution in [1.29, 1.82) is 0 Å². The quantitative estimate of drug-likeness (QED) is 0.783. The van der Waals surface area contributed by atoms with Gasteiger partial charge in [0.15, 0.2) is 0 Å². The van der Waals surface area contributed by atoms with Gasteiger partial charge in [0, 0.05) is 10.9 Å². The number of rotatable bonds is 5. The van der Waals surface area contributed by atoms with E-state index >= 15 is 0 Å². The van der Waals surface area contributed by atoms with Gasteiger partial charge in [0.25, 0.3) is 0 Å². The maximum Gasteiger partial charge on any atom is 0.318 e. The van der Waals surface area contributed by atoms with Crippen LogP contribution in [0.4, 0.5) is 6.01 Å². The van der Waals surface area contributed by atoms with Gasteiger partial charge in [-0.3, -0.25) is 0 Å². The lowest BCUT2D eigenvalue weighted by Gasteiger charge is -2.23. The zero-order chi connectivity index (χ0) is 12.3. The summed E-state index contributed by atoms with van der Waals surface area (Å²) in [5, 5.41) is 9.96. The third-order valence-electron chi connectivity index (χ3n) is 2.35. The van der Waals surface area contributed by atoms with Crippen molar-refractivity contribution in [2.24, 2.45) is 0 Å². The Labute approximate surface area is 109 Å². The van der Waals surface area contributed by atoms with Gasteiger partial charge < -0.3 is 9.32 Å². The first-order valence-corrected chi connectivity index (χ1v) is 6.79. The maximum absolute atomic E-state index is 5.65. The summed E-state index contributed by atoms with van der Waals surface area (Å²) in [6.45, 7) is 4.97. The highest BCUT2D eigenvalue weighted by Crippen LogP contribution is 2.21. The number of anilines is 1. The molecule has 6 heteroatoms. The van der Waals surface area contributed by atoms with Crippen LogP contribution < -0.4 is 4.90 Å². The summed E-state index contributed by atoms with van der Waals surface area (Å²) in [5.74, 6) is 0.705. The topological polar surface area (TPSA) is 42.2 Å². The van der Waals surface area contributed by atoms with Crippen LogP contribution in [0.25, 0.3) is 0 Å². The SMILES string of the molecule is CC(C)N(Cc1cccs1)c1nnc(CCl)o1. The number of thiophene rings is 1. The molecule has 2 aromatic rings. The van der Waals surface area contributed by atoms with Crippen molar-refractivity contribution in [1.82, 2.24) is 10.2 Å². The molecule has 2 rings (SSSR count). The van der Waals surface area contributed by atoms with E-state index in [4.69, 9.17) is 16.0 Å². The van der Waals surface area contributed by atoms with E-state index in [0.29, 0.717) is 17.9 Å². The molecule has 0 saturated heterocycles. The van der Waals surface area contributed by atoms with Gasteiger partial charge in [-0.05, 0) is 25.3 Å². The van der Waals surface area contributed by atoms with Gasteiger partial charge in [0.2, 0.25) is 5.89 Å². The fraction of sp³-hybridized carbons (Fsp3) is 0.455. The minimum Gasteiger partial charge on any atom is -0.407 e. The summed E-state index contributed by atoms with van der Waals surface area (Å²) in [6, 6.07) is 4.96. The third-order valence-corrected chi connectivity index (χ3v) is 3.44. The molecule has 0 N–H and O–H groups in total. The number of hydrogen-bond acceptors (Lipinski definition) is 5. The summed E-state index contributed by atoms with van der Waals surface area (Å²) in [6.07, 6.45) is 0. The molecule has 0 aliphatic rings. The molecule has 2 aromatic heterocycles. The Morgan fingerprint density at radius 2 is 2.29 bits per heavy atom. The van der Waals surface area contributed by atoms with Gasteiger partial charge in [-0.15, -0.1) is 28.0 Å². The molecule has 0 saturated carbocycles. The number of alkyl halides is 1. The van der Waals surface area contributed by atoms with Crippen LogP contribution in [0.3, 0.4) is 0 Å². The summed E-state index contributed by atoms with van der Waals surface area (Å²) >= 11 is 7.37. The first-order chi connectivity index (χ1) is 8.20. The van der Waals surface area contributed by atoms with Crippen LogP contribution in [-0.2, 0) is 12.4 Å². The van der Waals surface area contributed by atoms with Crippen LogP contribution in [0.2, 0.25) is 0 Å². The first-order valence-electron chi connectivity index (χ1n) is 5.38. The van der Waals surface area contributed by atoms with Crippen LogP contribution >= 0.6 is 22.9 Å². The van der Waals surface area contributed by atoms with E-state index in [9.17, 15) is 0 Å². The Morgan fingerprint density at radius 3 is 2.82 bits per heavy atom. The van der Waals surface area contributed by atoms with Crippen LogP contribution in [0.5, 0.6) is 0 Å². The molecule has 0 fully saturated rings. The molecule has 92 valence electrons. The molecule has 0 unspecified atom stereocenters. The van der Waals surface area contributed by atoms with Gasteiger partial charge in [-0.2, -0.15) is 0 Å². The molecule has 2 heterocycles. The Kier molecular flexibility index (Phi) is 4.02. The standard InChI is InChI=1S/C11H14ClN3OS/c1-8(2)15(7-9-4-3-5-17-9)11-14-13-10(6-12)16-11/h3-5,8H,6-7H2,1-2H3. The van der Waals surface area contributed by atoms with E-state index in [0.717, 1.165) is 6.54 Å². The monoisotopic (exact) mass is 271 g/mol. The number of aromatic nitrogens is 2. The molecule has 0 spiro atoms. The fourth-order valence-electron chi connectivity index (χ4n) is 1.46. The van der Waals surface area contributed by atoms with Crippen LogP contribution in [-0.4, -0.2) is 16.2 Å². The lowest BCUT2D eigenvalue weighted by Crippen LogP contribution is -2.30. The van der Waals surface area contributed by atoms with Gasteiger partial charge in [-0.1, -0.05) is 11.2 Å². The van der Waals surface area contributed by atoms with Crippen LogP contribution in [0.1, 0.15) is 24.6 Å².